The summed E-state index contributed by atoms with van der Waals surface area (Å²) in [5.74, 6) is 0.487. The summed E-state index contributed by atoms with van der Waals surface area (Å²) in [5, 5.41) is 4.55. The first kappa shape index (κ1) is 23.1. The number of hydrogen-bond donors (Lipinski definition) is 2. The van der Waals surface area contributed by atoms with E-state index in [9.17, 15) is 8.42 Å². The van der Waals surface area contributed by atoms with Gasteiger partial charge in [0, 0.05) is 35.7 Å². The molecule has 0 aliphatic carbocycles. The lowest BCUT2D eigenvalue weighted by Crippen LogP contribution is -2.54. The highest BCUT2D eigenvalue weighted by Gasteiger charge is 2.24. The molecular weight excluding hydrogens is 461 g/mol. The molecule has 170 valence electrons. The summed E-state index contributed by atoms with van der Waals surface area (Å²) in [6.07, 6.45) is 0. The van der Waals surface area contributed by atoms with E-state index in [-0.39, 0.29) is 4.21 Å². The first-order chi connectivity index (χ1) is 15.3. The zero-order chi connectivity index (χ0) is 22.9. The Morgan fingerprint density at radius 3 is 2.50 bits per heavy atom. The molecule has 0 saturated carbocycles. The number of ether oxygens (including phenoxy) is 1. The Morgan fingerprint density at radius 2 is 1.81 bits per heavy atom. The Bertz CT molecular complexity index is 1200. The van der Waals surface area contributed by atoms with Crippen LogP contribution in [0.5, 0.6) is 5.75 Å². The number of benzene rings is 2. The molecule has 1 saturated heterocycles. The van der Waals surface area contributed by atoms with Gasteiger partial charge in [-0.3, -0.25) is 4.72 Å². The summed E-state index contributed by atoms with van der Waals surface area (Å²) >= 11 is 1.25. The molecule has 2 aromatic carbocycles. The number of sulfonamides is 1. The average molecular weight is 490 g/mol. The first-order valence-corrected chi connectivity index (χ1v) is 13.3. The Hall–Kier alpha value is -2.12. The van der Waals surface area contributed by atoms with Crippen molar-refractivity contribution in [2.75, 3.05) is 29.8 Å². The van der Waals surface area contributed by atoms with Gasteiger partial charge in [0.1, 0.15) is 9.96 Å². The third-order valence-electron chi connectivity index (χ3n) is 5.42. The second kappa shape index (κ2) is 9.40. The maximum absolute atomic E-state index is 13.2. The van der Waals surface area contributed by atoms with Gasteiger partial charge in [-0.05, 0) is 55.0 Å². The standard InChI is InChI=1S/C23H28N3O3PS2/c1-15-13-26(14-16(2)24-15)17-8-9-20(29-3)19(12-17)25-32(27,28)23-11-10-22(31-23)18-6-4-5-7-21(18)30/h4-12,15-16,24-25H,13-14,30H2,1-3H3. The van der Waals surface area contributed by atoms with E-state index in [1.165, 1.54) is 11.3 Å². The van der Waals surface area contributed by atoms with E-state index >= 15 is 0 Å². The molecule has 6 nitrogen and oxygen atoms in total. The molecule has 4 rings (SSSR count). The molecule has 2 N–H and O–H groups in total. The zero-order valence-corrected chi connectivity index (χ0v) is 21.1. The Labute approximate surface area is 196 Å². The lowest BCUT2D eigenvalue weighted by molar-refractivity contribution is 0.406. The molecule has 3 aromatic rings. The van der Waals surface area contributed by atoms with Crippen molar-refractivity contribution >= 4 is 47.3 Å². The number of rotatable bonds is 6. The third kappa shape index (κ3) is 4.94. The van der Waals surface area contributed by atoms with Crippen molar-refractivity contribution in [3.8, 4) is 16.2 Å². The fourth-order valence-electron chi connectivity index (χ4n) is 4.04. The Balaban J connectivity index is 1.62. The molecule has 1 aromatic heterocycles. The summed E-state index contributed by atoms with van der Waals surface area (Å²) in [6, 6.07) is 17.7. The molecular formula is C23H28N3O3PS2. The van der Waals surface area contributed by atoms with E-state index in [1.54, 1.807) is 13.2 Å². The van der Waals surface area contributed by atoms with Gasteiger partial charge in [-0.25, -0.2) is 8.42 Å². The zero-order valence-electron chi connectivity index (χ0n) is 18.3. The molecule has 1 fully saturated rings. The predicted molar refractivity (Wildman–Crippen MR) is 137 cm³/mol. The molecule has 0 amide bonds. The molecule has 9 heteroatoms. The van der Waals surface area contributed by atoms with E-state index in [0.717, 1.165) is 34.5 Å². The minimum atomic E-state index is -3.76. The summed E-state index contributed by atoms with van der Waals surface area (Å²) in [5.41, 5.74) is 2.41. The van der Waals surface area contributed by atoms with Crippen molar-refractivity contribution in [3.63, 3.8) is 0 Å². The van der Waals surface area contributed by atoms with Gasteiger partial charge >= 0.3 is 0 Å². The van der Waals surface area contributed by atoms with E-state index in [0.29, 0.717) is 23.5 Å². The summed E-state index contributed by atoms with van der Waals surface area (Å²) in [6.45, 7) is 6.01. The van der Waals surface area contributed by atoms with Crippen LogP contribution in [0.15, 0.2) is 58.8 Å². The number of thiophene rings is 1. The van der Waals surface area contributed by atoms with Gasteiger partial charge in [0.05, 0.1) is 12.8 Å². The Kier molecular flexibility index (Phi) is 6.77. The van der Waals surface area contributed by atoms with Crippen LogP contribution < -0.4 is 25.0 Å². The van der Waals surface area contributed by atoms with Crippen LogP contribution in [-0.2, 0) is 10.0 Å². The Morgan fingerprint density at radius 1 is 1.09 bits per heavy atom. The fourth-order valence-corrected chi connectivity index (χ4v) is 6.92. The van der Waals surface area contributed by atoms with E-state index < -0.39 is 10.0 Å². The van der Waals surface area contributed by atoms with Gasteiger partial charge in [0.25, 0.3) is 10.0 Å². The second-order valence-corrected chi connectivity index (χ2v) is 11.7. The van der Waals surface area contributed by atoms with Crippen LogP contribution in [0.3, 0.4) is 0 Å². The molecule has 0 radical (unpaired) electrons. The number of hydrogen-bond acceptors (Lipinski definition) is 6. The predicted octanol–water partition coefficient (Wildman–Crippen LogP) is 3.91. The quantitative estimate of drug-likeness (QED) is 0.514. The van der Waals surface area contributed by atoms with E-state index in [2.05, 4.69) is 38.0 Å². The van der Waals surface area contributed by atoms with Crippen LogP contribution >= 0.6 is 20.6 Å². The van der Waals surface area contributed by atoms with Gasteiger partial charge in [0.15, 0.2) is 0 Å². The molecule has 0 spiro atoms. The van der Waals surface area contributed by atoms with Crippen molar-refractivity contribution in [3.05, 3.63) is 54.6 Å². The lowest BCUT2D eigenvalue weighted by Gasteiger charge is -2.38. The first-order valence-electron chi connectivity index (χ1n) is 10.4. The molecule has 1 aliphatic rings. The van der Waals surface area contributed by atoms with Crippen molar-refractivity contribution in [1.82, 2.24) is 5.32 Å². The number of piperazine rings is 1. The number of methoxy groups -OCH3 is 1. The number of nitrogens with one attached hydrogen (secondary N) is 2. The van der Waals surface area contributed by atoms with Gasteiger partial charge in [0.2, 0.25) is 0 Å². The van der Waals surface area contributed by atoms with Crippen molar-refractivity contribution < 1.29 is 13.2 Å². The molecule has 32 heavy (non-hydrogen) atoms. The molecule has 3 atom stereocenters. The van der Waals surface area contributed by atoms with Crippen LogP contribution in [-0.4, -0.2) is 40.7 Å². The maximum atomic E-state index is 13.2. The van der Waals surface area contributed by atoms with Crippen molar-refractivity contribution in [2.45, 2.75) is 30.1 Å². The monoisotopic (exact) mass is 489 g/mol. The smallest absolute Gasteiger partial charge is 0.271 e. The lowest BCUT2D eigenvalue weighted by atomic mass is 10.1. The van der Waals surface area contributed by atoms with Gasteiger partial charge in [-0.1, -0.05) is 24.3 Å². The SMILES string of the molecule is COc1ccc(N2CC(C)NC(C)C2)cc1NS(=O)(=O)c1ccc(-c2ccccc2P)s1. The summed E-state index contributed by atoms with van der Waals surface area (Å²) in [7, 11) is 0.474. The topological polar surface area (TPSA) is 70.7 Å². The number of nitrogens with zero attached hydrogens (tertiary/aromatic N) is 1. The van der Waals surface area contributed by atoms with Crippen LogP contribution in [0.4, 0.5) is 11.4 Å². The van der Waals surface area contributed by atoms with Crippen molar-refractivity contribution in [1.29, 1.82) is 0 Å². The minimum Gasteiger partial charge on any atom is -0.495 e. The van der Waals surface area contributed by atoms with E-state index in [4.69, 9.17) is 4.74 Å². The highest BCUT2D eigenvalue weighted by Crippen LogP contribution is 2.35. The largest absolute Gasteiger partial charge is 0.495 e. The molecule has 0 bridgehead atoms. The maximum Gasteiger partial charge on any atom is 0.271 e. The molecule has 2 heterocycles. The summed E-state index contributed by atoms with van der Waals surface area (Å²) in [4.78, 5) is 3.17. The van der Waals surface area contributed by atoms with E-state index in [1.807, 2.05) is 48.5 Å². The second-order valence-electron chi connectivity index (χ2n) is 8.07. The normalized spacial score (nSPS) is 19.1. The molecule has 3 unspecified atom stereocenters. The number of anilines is 2. The van der Waals surface area contributed by atoms with Crippen molar-refractivity contribution in [2.24, 2.45) is 0 Å². The minimum absolute atomic E-state index is 0.262. The van der Waals surface area contributed by atoms with Gasteiger partial charge in [-0.2, -0.15) is 0 Å². The fraction of sp³-hybridized carbons (Fsp3) is 0.304. The van der Waals surface area contributed by atoms with Crippen LogP contribution in [0, 0.1) is 0 Å². The van der Waals surface area contributed by atoms with Crippen LogP contribution in [0.25, 0.3) is 10.4 Å². The van der Waals surface area contributed by atoms with Crippen LogP contribution in [0.2, 0.25) is 0 Å². The molecule has 1 aliphatic heterocycles. The average Bonchev–Trinajstić information content (AvgIpc) is 3.24. The van der Waals surface area contributed by atoms with Gasteiger partial charge in [-0.15, -0.1) is 20.6 Å². The van der Waals surface area contributed by atoms with Crippen LogP contribution in [0.1, 0.15) is 13.8 Å². The van der Waals surface area contributed by atoms with Gasteiger partial charge < -0.3 is 15.0 Å². The summed E-state index contributed by atoms with van der Waals surface area (Å²) < 4.78 is 34.9. The third-order valence-corrected chi connectivity index (χ3v) is 8.90. The highest BCUT2D eigenvalue weighted by molar-refractivity contribution is 7.94. The highest BCUT2D eigenvalue weighted by atomic mass is 32.2.